The fraction of sp³-hybridized carbons (Fsp3) is 0. The molecule has 1 heterocycles. The Hall–Kier alpha value is -4.44. The highest BCUT2D eigenvalue weighted by Crippen LogP contribution is 2.35. The van der Waals surface area contributed by atoms with Crippen LogP contribution in [0.2, 0.25) is 0 Å². The largest absolute Gasteiger partial charge is 0.502 e. The van der Waals surface area contributed by atoms with Gasteiger partial charge in [-0.2, -0.15) is 5.11 Å². The summed E-state index contributed by atoms with van der Waals surface area (Å²) in [7, 11) is -9.73. The van der Waals surface area contributed by atoms with Crippen molar-refractivity contribution < 1.29 is 36.9 Å². The number of benzene rings is 2. The minimum atomic E-state index is -4.94. The van der Waals surface area contributed by atoms with Crippen molar-refractivity contribution in [1.29, 1.82) is 0 Å². The fourth-order valence-corrected chi connectivity index (χ4v) is 6.14. The number of nitrogens with zero attached hydrogens (tertiary/aromatic N) is 4. The van der Waals surface area contributed by atoms with Gasteiger partial charge in [-0.05, 0) is 30.3 Å². The first kappa shape index (κ1) is 24.2. The smallest absolute Gasteiger partial charge is 0.275 e. The summed E-state index contributed by atoms with van der Waals surface area (Å²) < 4.78 is 53.3. The van der Waals surface area contributed by atoms with Crippen LogP contribution < -0.4 is 0 Å². The summed E-state index contributed by atoms with van der Waals surface area (Å²) in [6.07, 6.45) is 1.44. The Morgan fingerprint density at radius 1 is 0.735 bits per heavy atom. The van der Waals surface area contributed by atoms with E-state index in [1.807, 2.05) is 0 Å². The number of azo groups is 1. The highest BCUT2D eigenvalue weighted by molar-refractivity contribution is 7.99. The van der Waals surface area contributed by atoms with Crippen LogP contribution in [0, 0.1) is 20.2 Å². The molecule has 0 spiro atoms. The van der Waals surface area contributed by atoms with E-state index >= 15 is 0 Å². The van der Waals surface area contributed by atoms with Crippen molar-refractivity contribution in [2.24, 2.45) is 10.2 Å². The quantitative estimate of drug-likeness (QED) is 0.428. The van der Waals surface area contributed by atoms with Crippen molar-refractivity contribution in [3.63, 3.8) is 0 Å². The standard InChI is InChI=1S/C18H12N4O10S2/c23-16-17(34(31,32)14-7-3-12(4-8-14)22(27)28)15(9-10-19-20-18(16)24)33(29,30)13-5-1-11(2-6-13)21(25)26/h1-10,23H,(H,20,24). The van der Waals surface area contributed by atoms with Gasteiger partial charge in [0.05, 0.1) is 30.7 Å². The molecule has 1 aliphatic rings. The van der Waals surface area contributed by atoms with Gasteiger partial charge in [0, 0.05) is 24.3 Å². The summed E-state index contributed by atoms with van der Waals surface area (Å²) in [4.78, 5) is 16.6. The molecule has 0 saturated carbocycles. The molecule has 0 saturated heterocycles. The fourth-order valence-electron chi connectivity index (χ4n) is 2.74. The summed E-state index contributed by atoms with van der Waals surface area (Å²) >= 11 is 0. The number of hydrogen-bond acceptors (Lipinski definition) is 12. The molecule has 14 nitrogen and oxygen atoms in total. The molecule has 2 aromatic rings. The Kier molecular flexibility index (Phi) is 6.29. The molecular formula is C18H12N4O10S2. The van der Waals surface area contributed by atoms with E-state index in [1.165, 1.54) is 0 Å². The summed E-state index contributed by atoms with van der Waals surface area (Å²) in [5, 5.41) is 48.5. The molecule has 34 heavy (non-hydrogen) atoms. The molecule has 2 N–H and O–H groups in total. The average molecular weight is 508 g/mol. The van der Waals surface area contributed by atoms with Gasteiger partial charge in [0.15, 0.2) is 0 Å². The molecule has 0 aromatic heterocycles. The van der Waals surface area contributed by atoms with Crippen LogP contribution in [0.3, 0.4) is 0 Å². The van der Waals surface area contributed by atoms with Crippen LogP contribution in [0.15, 0.2) is 102 Å². The molecule has 0 unspecified atom stereocenters. The van der Waals surface area contributed by atoms with E-state index in [1.54, 1.807) is 0 Å². The van der Waals surface area contributed by atoms with Crippen molar-refractivity contribution in [2.75, 3.05) is 0 Å². The zero-order valence-electron chi connectivity index (χ0n) is 16.5. The number of allylic oxidation sites excluding steroid dienone is 1. The molecule has 3 rings (SSSR count). The van der Waals surface area contributed by atoms with Gasteiger partial charge in [0.25, 0.3) is 17.3 Å². The van der Waals surface area contributed by atoms with Crippen LogP contribution >= 0.6 is 0 Å². The Morgan fingerprint density at radius 3 is 1.62 bits per heavy atom. The van der Waals surface area contributed by atoms with Crippen molar-refractivity contribution in [3.8, 4) is 0 Å². The number of aliphatic hydroxyl groups excluding tert-OH is 2. The van der Waals surface area contributed by atoms with Crippen LogP contribution in [0.5, 0.6) is 0 Å². The van der Waals surface area contributed by atoms with Gasteiger partial charge < -0.3 is 10.2 Å². The second kappa shape index (κ2) is 8.83. The molecule has 0 fully saturated rings. The van der Waals surface area contributed by atoms with Crippen molar-refractivity contribution >= 4 is 31.0 Å². The third-order valence-corrected chi connectivity index (χ3v) is 8.15. The van der Waals surface area contributed by atoms with Gasteiger partial charge in [-0.15, -0.1) is 5.11 Å². The topological polar surface area (TPSA) is 220 Å². The minimum absolute atomic E-state index is 0.436. The number of non-ortho nitro benzene ring substituents is 2. The SMILES string of the molecule is O=[N+]([O-])c1ccc(S(=O)(=O)C2=C(S(=O)(=O)c3ccc([N+](=O)[O-])cc3)C(O)=C(O)N=NC=C2)cc1. The summed E-state index contributed by atoms with van der Waals surface area (Å²) in [5.74, 6) is -2.77. The molecule has 0 atom stereocenters. The molecule has 16 heteroatoms. The summed E-state index contributed by atoms with van der Waals surface area (Å²) in [5.41, 5.74) is -0.894. The van der Waals surface area contributed by atoms with Crippen LogP contribution in [0.25, 0.3) is 0 Å². The zero-order valence-corrected chi connectivity index (χ0v) is 18.2. The maximum atomic E-state index is 13.3. The number of sulfone groups is 2. The highest BCUT2D eigenvalue weighted by atomic mass is 32.2. The molecule has 0 aliphatic carbocycles. The molecule has 2 aromatic carbocycles. The van der Waals surface area contributed by atoms with Gasteiger partial charge in [0.2, 0.25) is 25.4 Å². The van der Waals surface area contributed by atoms with E-state index in [0.717, 1.165) is 54.7 Å². The van der Waals surface area contributed by atoms with Crippen LogP contribution in [-0.2, 0) is 19.7 Å². The lowest BCUT2D eigenvalue weighted by atomic mass is 10.3. The first-order valence-electron chi connectivity index (χ1n) is 8.80. The van der Waals surface area contributed by atoms with E-state index in [9.17, 15) is 47.3 Å². The average Bonchev–Trinajstić information content (AvgIpc) is 2.79. The maximum absolute atomic E-state index is 13.3. The number of nitro groups is 2. The lowest BCUT2D eigenvalue weighted by Crippen LogP contribution is -2.16. The number of rotatable bonds is 6. The number of nitro benzene ring substituents is 2. The minimum Gasteiger partial charge on any atom is -0.502 e. The molecule has 176 valence electrons. The zero-order chi connectivity index (χ0) is 25.3. The van der Waals surface area contributed by atoms with E-state index in [2.05, 4.69) is 10.2 Å². The summed E-state index contributed by atoms with van der Waals surface area (Å²) in [6, 6.07) is 6.76. The molecule has 1 aliphatic heterocycles. The number of aliphatic hydroxyl groups is 2. The normalized spacial score (nSPS) is 14.6. The Labute approximate surface area is 190 Å². The predicted octanol–water partition coefficient (Wildman–Crippen LogP) is 3.23. The summed E-state index contributed by atoms with van der Waals surface area (Å²) in [6.45, 7) is 0. The predicted molar refractivity (Wildman–Crippen MR) is 114 cm³/mol. The number of hydrogen-bond donors (Lipinski definition) is 2. The van der Waals surface area contributed by atoms with Gasteiger partial charge in [0.1, 0.15) is 4.91 Å². The van der Waals surface area contributed by atoms with Gasteiger partial charge in [-0.3, -0.25) is 20.2 Å². The van der Waals surface area contributed by atoms with Crippen LogP contribution in [0.1, 0.15) is 0 Å². The second-order valence-corrected chi connectivity index (χ2v) is 10.2. The van der Waals surface area contributed by atoms with E-state index in [0.29, 0.717) is 6.08 Å². The molecule has 0 bridgehead atoms. The lowest BCUT2D eigenvalue weighted by Gasteiger charge is -2.15. The monoisotopic (exact) mass is 508 g/mol. The van der Waals surface area contributed by atoms with Gasteiger partial charge >= 0.3 is 0 Å². The third kappa shape index (κ3) is 4.39. The lowest BCUT2D eigenvalue weighted by molar-refractivity contribution is -0.385. The first-order chi connectivity index (χ1) is 15.9. The first-order valence-corrected chi connectivity index (χ1v) is 11.8. The third-order valence-electron chi connectivity index (χ3n) is 4.37. The molecule has 0 amide bonds. The maximum Gasteiger partial charge on any atom is 0.275 e. The van der Waals surface area contributed by atoms with Crippen molar-refractivity contribution in [1.82, 2.24) is 0 Å². The van der Waals surface area contributed by atoms with E-state index < -0.39 is 72.1 Å². The highest BCUT2D eigenvalue weighted by Gasteiger charge is 2.36. The Bertz CT molecular complexity index is 1520. The Morgan fingerprint density at radius 2 is 1.18 bits per heavy atom. The van der Waals surface area contributed by atoms with Crippen molar-refractivity contribution in [2.45, 2.75) is 9.79 Å². The molecular weight excluding hydrogens is 496 g/mol. The van der Waals surface area contributed by atoms with Crippen LogP contribution in [0.4, 0.5) is 11.4 Å². The second-order valence-electron chi connectivity index (χ2n) is 6.41. The molecule has 0 radical (unpaired) electrons. The van der Waals surface area contributed by atoms with Gasteiger partial charge in [-0.1, -0.05) is 0 Å². The Balaban J connectivity index is 2.33. The van der Waals surface area contributed by atoms with Crippen LogP contribution in [-0.4, -0.2) is 36.9 Å². The van der Waals surface area contributed by atoms with E-state index in [-0.39, 0.29) is 0 Å². The van der Waals surface area contributed by atoms with Crippen molar-refractivity contribution in [3.05, 3.63) is 102 Å². The van der Waals surface area contributed by atoms with Gasteiger partial charge in [-0.25, -0.2) is 16.8 Å². The van der Waals surface area contributed by atoms with E-state index in [4.69, 9.17) is 0 Å².